The van der Waals surface area contributed by atoms with Crippen LogP contribution in [0.2, 0.25) is 0 Å². The van der Waals surface area contributed by atoms with Gasteiger partial charge in [-0.2, -0.15) is 0 Å². The fourth-order valence-electron chi connectivity index (χ4n) is 14.7. The van der Waals surface area contributed by atoms with Gasteiger partial charge in [0.25, 0.3) is 0 Å². The number of rotatable bonds is 7. The molecule has 13 aromatic carbocycles. The van der Waals surface area contributed by atoms with Crippen molar-refractivity contribution in [1.82, 2.24) is 32.2 Å². The summed E-state index contributed by atoms with van der Waals surface area (Å²) in [6.07, 6.45) is 0. The molecule has 0 fully saturated rings. The zero-order valence-electron chi connectivity index (χ0n) is 46.4. The van der Waals surface area contributed by atoms with Crippen LogP contribution >= 0.6 is 0 Å². The first-order chi connectivity index (χ1) is 42.7. The molecule has 19 rings (SSSR count). The minimum absolute atomic E-state index is 0.865. The summed E-state index contributed by atoms with van der Waals surface area (Å²) in [7, 11) is 0. The van der Waals surface area contributed by atoms with Crippen LogP contribution in [0.3, 0.4) is 0 Å². The molecule has 0 amide bonds. The molecule has 7 nitrogen and oxygen atoms in total. The van der Waals surface area contributed by atoms with E-state index in [1.807, 2.05) is 0 Å². The molecule has 0 atom stereocenters. The molecule has 0 aliphatic rings. The van der Waals surface area contributed by atoms with E-state index in [0.29, 0.717) is 0 Å². The molecule has 0 bridgehead atoms. The molecular formula is C79H49N7. The molecule has 400 valence electrons. The van der Waals surface area contributed by atoms with E-state index in [1.165, 1.54) is 54.3 Å². The number of nitrogens with zero attached hydrogens (tertiary/aromatic N) is 7. The zero-order chi connectivity index (χ0) is 56.1. The fraction of sp³-hybridized carbons (Fsp3) is 0. The van der Waals surface area contributed by atoms with Gasteiger partial charge < -0.3 is 18.3 Å². The Morgan fingerprint density at radius 3 is 1.17 bits per heavy atom. The van der Waals surface area contributed by atoms with Crippen LogP contribution in [0.4, 0.5) is 0 Å². The van der Waals surface area contributed by atoms with Gasteiger partial charge in [-0.25, -0.2) is 4.98 Å². The third-order valence-corrected chi connectivity index (χ3v) is 18.2. The maximum Gasteiger partial charge on any atom is 0.220 e. The van der Waals surface area contributed by atoms with E-state index in [4.69, 9.17) is 4.98 Å². The van der Waals surface area contributed by atoms with Crippen molar-refractivity contribution in [3.05, 3.63) is 297 Å². The lowest BCUT2D eigenvalue weighted by molar-refractivity contribution is 1.11. The second-order valence-corrected chi connectivity index (χ2v) is 22.6. The highest BCUT2D eigenvalue weighted by Gasteiger charge is 2.27. The molecular weight excluding hydrogens is 1050 g/mol. The van der Waals surface area contributed by atoms with Crippen molar-refractivity contribution in [3.8, 4) is 50.7 Å². The van der Waals surface area contributed by atoms with Crippen molar-refractivity contribution in [2.24, 2.45) is 0 Å². The number of benzene rings is 13. The highest BCUT2D eigenvalue weighted by molar-refractivity contribution is 6.19. The second kappa shape index (κ2) is 17.9. The largest absolute Gasteiger partial charge is 0.309 e. The molecule has 0 saturated carbocycles. The number of para-hydroxylation sites is 12. The van der Waals surface area contributed by atoms with Crippen molar-refractivity contribution in [1.29, 1.82) is 0 Å². The monoisotopic (exact) mass is 1100 g/mol. The fourth-order valence-corrected chi connectivity index (χ4v) is 14.7. The van der Waals surface area contributed by atoms with Crippen LogP contribution in [-0.2, 0) is 0 Å². The smallest absolute Gasteiger partial charge is 0.220 e. The van der Waals surface area contributed by atoms with Gasteiger partial charge in [-0.15, -0.1) is 0 Å². The summed E-state index contributed by atoms with van der Waals surface area (Å²) >= 11 is 0. The molecule has 6 heterocycles. The van der Waals surface area contributed by atoms with Gasteiger partial charge >= 0.3 is 0 Å². The van der Waals surface area contributed by atoms with E-state index in [1.54, 1.807) is 0 Å². The Labute approximate surface area is 492 Å². The van der Waals surface area contributed by atoms with E-state index in [0.717, 1.165) is 112 Å². The summed E-state index contributed by atoms with van der Waals surface area (Å²) < 4.78 is 14.6. The Bertz CT molecular complexity index is 5930. The maximum atomic E-state index is 5.57. The lowest BCUT2D eigenvalue weighted by Crippen LogP contribution is -2.05. The highest BCUT2D eigenvalue weighted by Crippen LogP contribution is 2.47. The Hall–Kier alpha value is -11.7. The number of fused-ring (bicyclic) bond motifs is 18. The van der Waals surface area contributed by atoms with E-state index in [9.17, 15) is 0 Å². The molecule has 19 aromatic rings. The predicted molar refractivity (Wildman–Crippen MR) is 358 cm³/mol. The Balaban J connectivity index is 0.857. The van der Waals surface area contributed by atoms with Crippen molar-refractivity contribution >= 4 is 115 Å². The average Bonchev–Trinajstić information content (AvgIpc) is 1.68. The van der Waals surface area contributed by atoms with Gasteiger partial charge in [0.2, 0.25) is 5.78 Å². The summed E-state index contributed by atoms with van der Waals surface area (Å²) in [5.41, 5.74) is 23.4. The van der Waals surface area contributed by atoms with Crippen LogP contribution in [0.15, 0.2) is 297 Å². The molecule has 0 N–H and O–H groups in total. The molecule has 0 aliphatic heterocycles. The van der Waals surface area contributed by atoms with E-state index in [2.05, 4.69) is 324 Å². The van der Waals surface area contributed by atoms with Gasteiger partial charge in [-0.3, -0.25) is 8.97 Å². The molecule has 0 saturated heterocycles. The number of imidazole rings is 2. The Morgan fingerprint density at radius 2 is 0.628 bits per heavy atom. The van der Waals surface area contributed by atoms with Crippen LogP contribution in [0, 0.1) is 0 Å². The first kappa shape index (κ1) is 46.9. The molecule has 0 radical (unpaired) electrons. The van der Waals surface area contributed by atoms with Crippen LogP contribution in [-0.4, -0.2) is 32.2 Å². The Kier molecular flexibility index (Phi) is 9.77. The maximum absolute atomic E-state index is 5.57. The normalized spacial score (nSPS) is 12.2. The third kappa shape index (κ3) is 6.42. The van der Waals surface area contributed by atoms with Gasteiger partial charge in [0.15, 0.2) is 0 Å². The number of aromatic nitrogens is 7. The first-order valence-corrected chi connectivity index (χ1v) is 29.5. The molecule has 0 spiro atoms. The minimum Gasteiger partial charge on any atom is -0.309 e. The van der Waals surface area contributed by atoms with Gasteiger partial charge in [0, 0.05) is 76.7 Å². The summed E-state index contributed by atoms with van der Waals surface area (Å²) in [5, 5.41) is 9.63. The van der Waals surface area contributed by atoms with Gasteiger partial charge in [-0.1, -0.05) is 194 Å². The lowest BCUT2D eigenvalue weighted by atomic mass is 9.93. The Morgan fingerprint density at radius 1 is 0.221 bits per heavy atom. The van der Waals surface area contributed by atoms with Crippen molar-refractivity contribution in [3.63, 3.8) is 0 Å². The summed E-state index contributed by atoms with van der Waals surface area (Å²) in [5.74, 6) is 0.865. The zero-order valence-corrected chi connectivity index (χ0v) is 46.4. The van der Waals surface area contributed by atoms with Gasteiger partial charge in [0.1, 0.15) is 0 Å². The van der Waals surface area contributed by atoms with E-state index >= 15 is 0 Å². The number of hydrogen-bond acceptors (Lipinski definition) is 1. The quantitative estimate of drug-likeness (QED) is 0.157. The van der Waals surface area contributed by atoms with E-state index in [-0.39, 0.29) is 0 Å². The van der Waals surface area contributed by atoms with Crippen molar-refractivity contribution < 1.29 is 0 Å². The minimum atomic E-state index is 0.865. The van der Waals surface area contributed by atoms with Crippen molar-refractivity contribution in [2.75, 3.05) is 0 Å². The lowest BCUT2D eigenvalue weighted by Gasteiger charge is -2.23. The van der Waals surface area contributed by atoms with Gasteiger partial charge in [0.05, 0.1) is 83.3 Å². The van der Waals surface area contributed by atoms with Crippen LogP contribution in [0.1, 0.15) is 0 Å². The van der Waals surface area contributed by atoms with E-state index < -0.39 is 0 Å². The first-order valence-electron chi connectivity index (χ1n) is 29.5. The summed E-state index contributed by atoms with van der Waals surface area (Å²) in [4.78, 5) is 5.57. The van der Waals surface area contributed by atoms with Crippen LogP contribution in [0.25, 0.3) is 166 Å². The molecule has 0 aliphatic carbocycles. The molecule has 6 aromatic heterocycles. The SMILES string of the molecule is c1ccc(-n2c3ccccc3c3ccc4nc5n(-c6ccc7c(c6)c6ccccc6n7-c6ccccc6-c6cccc(-c7ccccc7-n7c8ccccc8c8ccccc87)c6-n6c7ccccc7c7ccccc76)c6ccccc6n5c4c32)cc1. The average molecular weight is 1100 g/mol. The molecule has 86 heavy (non-hydrogen) atoms. The molecule has 7 heteroatoms. The van der Waals surface area contributed by atoms with Crippen molar-refractivity contribution in [2.45, 2.75) is 0 Å². The number of hydrogen-bond donors (Lipinski definition) is 0. The highest BCUT2D eigenvalue weighted by atomic mass is 15.2. The topological polar surface area (TPSA) is 42.0 Å². The predicted octanol–water partition coefficient (Wildman–Crippen LogP) is 20.2. The van der Waals surface area contributed by atoms with Gasteiger partial charge in [-0.05, 0) is 103 Å². The van der Waals surface area contributed by atoms with Crippen LogP contribution in [0.5, 0.6) is 0 Å². The molecule has 0 unspecified atom stereocenters. The third-order valence-electron chi connectivity index (χ3n) is 18.2. The van der Waals surface area contributed by atoms with Crippen LogP contribution < -0.4 is 0 Å². The standard InChI is InChI=1S/C79H49N7/c1-2-23-50(24-3-1)81-65-35-12-8-31-58(65)62-46-47-64-78(77(62)81)86-75-44-21-20-43-74(75)82(79(86)80-64)51-45-48-73-63(49-51)59-32-11-17-40-70(59)84(73)69-39-16-10-30-57(69)61-34-22-33-60(76(61)85-71-41-18-6-27-54(71)55-28-7-19-42-72(55)85)56-29-9-15-38-68(56)83-66-36-13-4-25-52(66)53-26-5-14-37-67(53)83/h1-49H. The summed E-state index contributed by atoms with van der Waals surface area (Å²) in [6.45, 7) is 0. The summed E-state index contributed by atoms with van der Waals surface area (Å²) in [6, 6.07) is 109. The second-order valence-electron chi connectivity index (χ2n) is 22.6.